The van der Waals surface area contributed by atoms with Crippen molar-refractivity contribution in [1.82, 2.24) is 15.0 Å². The average Bonchev–Trinajstić information content (AvgIpc) is 2.95. The molecule has 4 aromatic rings. The minimum absolute atomic E-state index is 0.164. The van der Waals surface area contributed by atoms with E-state index in [2.05, 4.69) is 15.0 Å². The zero-order chi connectivity index (χ0) is 20.0. The highest BCUT2D eigenvalue weighted by Gasteiger charge is 2.20. The number of H-pyrrole nitrogens is 2. The SMILES string of the molecule is Cc1sc2nc([C@@H](C)OC(=O)c3cc(=O)[nH]c4ccccc34)[nH]c(=O)c2c1C. The average molecular weight is 395 g/mol. The van der Waals surface area contributed by atoms with Crippen molar-refractivity contribution in [2.24, 2.45) is 0 Å². The van der Waals surface area contributed by atoms with Crippen molar-refractivity contribution in [1.29, 1.82) is 0 Å². The molecule has 0 spiro atoms. The van der Waals surface area contributed by atoms with E-state index in [1.807, 2.05) is 13.8 Å². The highest BCUT2D eigenvalue weighted by Crippen LogP contribution is 2.27. The van der Waals surface area contributed by atoms with Gasteiger partial charge in [-0.15, -0.1) is 11.3 Å². The fraction of sp³-hybridized carbons (Fsp3) is 0.200. The number of aromatic amines is 2. The number of nitrogens with zero attached hydrogens (tertiary/aromatic N) is 1. The van der Waals surface area contributed by atoms with E-state index in [0.29, 0.717) is 21.1 Å². The predicted molar refractivity (Wildman–Crippen MR) is 108 cm³/mol. The van der Waals surface area contributed by atoms with Crippen LogP contribution in [0.3, 0.4) is 0 Å². The third-order valence-corrected chi connectivity index (χ3v) is 5.80. The molecule has 7 nitrogen and oxygen atoms in total. The standard InChI is InChI=1S/C20H17N3O4S/c1-9-11(3)28-19-16(9)18(25)22-17(23-19)10(2)27-20(26)13-8-15(24)21-14-7-5-4-6-12(13)14/h4-8,10H,1-3H3,(H,21,24)(H,22,23,25)/t10-/m1/s1. The highest BCUT2D eigenvalue weighted by molar-refractivity contribution is 7.18. The molecule has 0 fully saturated rings. The van der Waals surface area contributed by atoms with Crippen molar-refractivity contribution in [3.8, 4) is 0 Å². The summed E-state index contributed by atoms with van der Waals surface area (Å²) in [6.45, 7) is 5.44. The number of carbonyl (C=O) groups is 1. The predicted octanol–water partition coefficient (Wildman–Crippen LogP) is 3.36. The molecule has 2 N–H and O–H groups in total. The van der Waals surface area contributed by atoms with Crippen LogP contribution in [-0.2, 0) is 4.74 Å². The number of hydrogen-bond acceptors (Lipinski definition) is 6. The van der Waals surface area contributed by atoms with E-state index < -0.39 is 17.6 Å². The smallest absolute Gasteiger partial charge is 0.339 e. The number of thiophene rings is 1. The molecule has 1 atom stereocenters. The van der Waals surface area contributed by atoms with E-state index in [9.17, 15) is 14.4 Å². The first-order chi connectivity index (χ1) is 13.3. The Balaban J connectivity index is 1.70. The van der Waals surface area contributed by atoms with Crippen LogP contribution < -0.4 is 11.1 Å². The summed E-state index contributed by atoms with van der Waals surface area (Å²) in [5, 5.41) is 1.14. The number of carbonyl (C=O) groups excluding carboxylic acids is 1. The van der Waals surface area contributed by atoms with Gasteiger partial charge in [0.05, 0.1) is 10.9 Å². The van der Waals surface area contributed by atoms with E-state index >= 15 is 0 Å². The first-order valence-electron chi connectivity index (χ1n) is 8.68. The summed E-state index contributed by atoms with van der Waals surface area (Å²) in [6, 6.07) is 8.20. The van der Waals surface area contributed by atoms with E-state index in [0.717, 1.165) is 10.4 Å². The Kier molecular flexibility index (Phi) is 4.35. The van der Waals surface area contributed by atoms with Crippen LogP contribution in [0.5, 0.6) is 0 Å². The lowest BCUT2D eigenvalue weighted by atomic mass is 10.1. The van der Waals surface area contributed by atoms with Gasteiger partial charge in [-0.3, -0.25) is 9.59 Å². The Morgan fingerprint density at radius 2 is 1.93 bits per heavy atom. The summed E-state index contributed by atoms with van der Waals surface area (Å²) in [5.74, 6) is -0.391. The van der Waals surface area contributed by atoms with Crippen LogP contribution in [0.1, 0.15) is 39.7 Å². The van der Waals surface area contributed by atoms with Crippen LogP contribution in [0.25, 0.3) is 21.1 Å². The van der Waals surface area contributed by atoms with Gasteiger partial charge >= 0.3 is 5.97 Å². The van der Waals surface area contributed by atoms with Gasteiger partial charge in [0.2, 0.25) is 5.56 Å². The molecular formula is C20H17N3O4S. The van der Waals surface area contributed by atoms with Gasteiger partial charge in [-0.25, -0.2) is 9.78 Å². The Labute approximate surface area is 163 Å². The molecule has 0 aliphatic rings. The number of esters is 1. The third kappa shape index (κ3) is 3.01. The molecule has 4 rings (SSSR count). The van der Waals surface area contributed by atoms with E-state index in [1.165, 1.54) is 17.4 Å². The molecule has 3 heterocycles. The van der Waals surface area contributed by atoms with Crippen molar-refractivity contribution < 1.29 is 9.53 Å². The number of benzene rings is 1. The van der Waals surface area contributed by atoms with E-state index in [-0.39, 0.29) is 16.9 Å². The summed E-state index contributed by atoms with van der Waals surface area (Å²) >= 11 is 1.43. The molecular weight excluding hydrogens is 378 g/mol. The largest absolute Gasteiger partial charge is 0.451 e. The molecule has 0 bridgehead atoms. The molecule has 0 amide bonds. The Morgan fingerprint density at radius 3 is 2.71 bits per heavy atom. The molecule has 0 saturated carbocycles. The summed E-state index contributed by atoms with van der Waals surface area (Å²) in [6.07, 6.45) is -0.787. The molecule has 0 saturated heterocycles. The molecule has 3 aromatic heterocycles. The highest BCUT2D eigenvalue weighted by atomic mass is 32.1. The second-order valence-electron chi connectivity index (χ2n) is 6.55. The van der Waals surface area contributed by atoms with Gasteiger partial charge in [-0.2, -0.15) is 0 Å². The third-order valence-electron chi connectivity index (χ3n) is 4.70. The fourth-order valence-corrected chi connectivity index (χ4v) is 4.15. The maximum atomic E-state index is 12.7. The zero-order valence-electron chi connectivity index (χ0n) is 15.5. The number of ether oxygens (including phenoxy) is 1. The maximum Gasteiger partial charge on any atom is 0.339 e. The normalized spacial score (nSPS) is 12.4. The first kappa shape index (κ1) is 18.1. The fourth-order valence-electron chi connectivity index (χ4n) is 3.12. The monoisotopic (exact) mass is 395 g/mol. The number of aryl methyl sites for hydroxylation is 2. The lowest BCUT2D eigenvalue weighted by molar-refractivity contribution is 0.0322. The topological polar surface area (TPSA) is 105 Å². The van der Waals surface area contributed by atoms with Gasteiger partial charge in [0.25, 0.3) is 5.56 Å². The van der Waals surface area contributed by atoms with Crippen molar-refractivity contribution >= 4 is 38.4 Å². The number of para-hydroxylation sites is 1. The lowest BCUT2D eigenvalue weighted by Gasteiger charge is -2.13. The van der Waals surface area contributed by atoms with Gasteiger partial charge in [0.1, 0.15) is 4.83 Å². The van der Waals surface area contributed by atoms with Crippen molar-refractivity contribution in [2.75, 3.05) is 0 Å². The number of rotatable bonds is 3. The van der Waals surface area contributed by atoms with Gasteiger partial charge in [0, 0.05) is 21.8 Å². The molecule has 0 aliphatic carbocycles. The number of pyridine rings is 1. The minimum atomic E-state index is -0.787. The van der Waals surface area contributed by atoms with Gasteiger partial charge in [-0.1, -0.05) is 18.2 Å². The van der Waals surface area contributed by atoms with Gasteiger partial charge < -0.3 is 14.7 Å². The van der Waals surface area contributed by atoms with Crippen LogP contribution in [0.4, 0.5) is 0 Å². The number of nitrogens with one attached hydrogen (secondary N) is 2. The van der Waals surface area contributed by atoms with E-state index in [1.54, 1.807) is 31.2 Å². The lowest BCUT2D eigenvalue weighted by Crippen LogP contribution is -2.18. The van der Waals surface area contributed by atoms with Crippen molar-refractivity contribution in [3.05, 3.63) is 72.9 Å². The summed E-state index contributed by atoms with van der Waals surface area (Å²) < 4.78 is 5.51. The maximum absolute atomic E-state index is 12.7. The minimum Gasteiger partial charge on any atom is -0.451 e. The first-order valence-corrected chi connectivity index (χ1v) is 9.49. The quantitative estimate of drug-likeness (QED) is 0.518. The molecule has 1 aromatic carbocycles. The van der Waals surface area contributed by atoms with Crippen molar-refractivity contribution in [3.63, 3.8) is 0 Å². The number of fused-ring (bicyclic) bond motifs is 2. The van der Waals surface area contributed by atoms with Crippen LogP contribution in [0.15, 0.2) is 39.9 Å². The van der Waals surface area contributed by atoms with Crippen LogP contribution in [0.2, 0.25) is 0 Å². The Morgan fingerprint density at radius 1 is 1.18 bits per heavy atom. The molecule has 8 heteroatoms. The summed E-state index contributed by atoms with van der Waals surface area (Å²) in [5.41, 5.74) is 0.964. The van der Waals surface area contributed by atoms with Gasteiger partial charge in [-0.05, 0) is 32.4 Å². The molecule has 0 unspecified atom stereocenters. The second-order valence-corrected chi connectivity index (χ2v) is 7.76. The second kappa shape index (κ2) is 6.72. The number of aromatic nitrogens is 3. The van der Waals surface area contributed by atoms with E-state index in [4.69, 9.17) is 4.74 Å². The van der Waals surface area contributed by atoms with Crippen LogP contribution in [0, 0.1) is 13.8 Å². The molecule has 28 heavy (non-hydrogen) atoms. The van der Waals surface area contributed by atoms with Crippen LogP contribution >= 0.6 is 11.3 Å². The molecule has 0 aliphatic heterocycles. The Bertz CT molecular complexity index is 1350. The zero-order valence-corrected chi connectivity index (χ0v) is 16.3. The molecule has 142 valence electrons. The van der Waals surface area contributed by atoms with Crippen molar-refractivity contribution in [2.45, 2.75) is 26.9 Å². The van der Waals surface area contributed by atoms with Crippen LogP contribution in [-0.4, -0.2) is 20.9 Å². The Hall–Kier alpha value is -3.26. The summed E-state index contributed by atoms with van der Waals surface area (Å²) in [4.78, 5) is 48.5. The molecule has 0 radical (unpaired) electrons. The van der Waals surface area contributed by atoms with Gasteiger partial charge in [0.15, 0.2) is 11.9 Å². The summed E-state index contributed by atoms with van der Waals surface area (Å²) in [7, 11) is 0. The number of hydrogen-bond donors (Lipinski definition) is 2.